The highest BCUT2D eigenvalue weighted by Crippen LogP contribution is 2.18. The molecule has 1 rings (SSSR count). The first kappa shape index (κ1) is 12.7. The Kier molecular flexibility index (Phi) is 3.70. The van der Waals surface area contributed by atoms with Gasteiger partial charge in [0, 0.05) is 0 Å². The fourth-order valence-electron chi connectivity index (χ4n) is 0.898. The Labute approximate surface area is 98.5 Å². The van der Waals surface area contributed by atoms with Gasteiger partial charge in [-0.2, -0.15) is 0 Å². The van der Waals surface area contributed by atoms with Gasteiger partial charge in [0.2, 0.25) is 0 Å². The number of oxime groups is 1. The van der Waals surface area contributed by atoms with Crippen LogP contribution in [0.2, 0.25) is 0 Å². The Morgan fingerprint density at radius 1 is 1.38 bits per heavy atom. The van der Waals surface area contributed by atoms with Crippen molar-refractivity contribution in [1.82, 2.24) is 0 Å². The van der Waals surface area contributed by atoms with Crippen molar-refractivity contribution in [2.45, 2.75) is 33.3 Å². The van der Waals surface area contributed by atoms with Crippen molar-refractivity contribution in [3.05, 3.63) is 21.9 Å². The first-order valence-electron chi connectivity index (χ1n) is 4.86. The van der Waals surface area contributed by atoms with E-state index >= 15 is 0 Å². The number of carboxylic acids is 1. The molecule has 0 atom stereocenters. The maximum atomic E-state index is 10.7. The zero-order chi connectivity index (χ0) is 12.3. The highest BCUT2D eigenvalue weighted by Gasteiger charge is 2.12. The van der Waals surface area contributed by atoms with E-state index in [1.807, 2.05) is 20.8 Å². The molecule has 88 valence electrons. The molecule has 0 aliphatic heterocycles. The summed E-state index contributed by atoms with van der Waals surface area (Å²) in [5.41, 5.74) is 0.348. The Morgan fingerprint density at radius 2 is 1.94 bits per heavy atom. The van der Waals surface area contributed by atoms with Gasteiger partial charge in [-0.15, -0.1) is 11.3 Å². The molecule has 0 saturated heterocycles. The maximum absolute atomic E-state index is 10.7. The standard InChI is InChI=1S/C11H15NO3S/c1-7(12-15-11(2,3)4)8-5-6-9(16-8)10(13)14/h5-6H,1-4H3,(H,13,14). The molecule has 1 heterocycles. The van der Waals surface area contributed by atoms with Crippen LogP contribution < -0.4 is 0 Å². The molecule has 0 unspecified atom stereocenters. The van der Waals surface area contributed by atoms with Crippen LogP contribution in [0.5, 0.6) is 0 Å². The second-order valence-corrected chi connectivity index (χ2v) is 5.43. The smallest absolute Gasteiger partial charge is 0.345 e. The molecule has 0 fully saturated rings. The number of aromatic carboxylic acids is 1. The lowest BCUT2D eigenvalue weighted by molar-refractivity contribution is 0.000981. The second-order valence-electron chi connectivity index (χ2n) is 4.35. The van der Waals surface area contributed by atoms with Crippen LogP contribution in [0.1, 0.15) is 42.2 Å². The van der Waals surface area contributed by atoms with E-state index in [2.05, 4.69) is 5.16 Å². The normalized spacial score (nSPS) is 12.6. The molecule has 0 aromatic carbocycles. The Balaban J connectivity index is 2.80. The van der Waals surface area contributed by atoms with Gasteiger partial charge >= 0.3 is 5.97 Å². The minimum Gasteiger partial charge on any atom is -0.477 e. The number of hydrogen-bond donors (Lipinski definition) is 1. The topological polar surface area (TPSA) is 58.9 Å². The van der Waals surface area contributed by atoms with E-state index in [1.165, 1.54) is 11.3 Å². The third kappa shape index (κ3) is 3.66. The fraction of sp³-hybridized carbons (Fsp3) is 0.455. The number of hydrogen-bond acceptors (Lipinski definition) is 4. The van der Waals surface area contributed by atoms with E-state index in [-0.39, 0.29) is 5.60 Å². The summed E-state index contributed by atoms with van der Waals surface area (Å²) < 4.78 is 0. The number of nitrogens with zero attached hydrogens (tertiary/aromatic N) is 1. The minimum absolute atomic E-state index is 0.306. The van der Waals surface area contributed by atoms with E-state index < -0.39 is 5.97 Å². The van der Waals surface area contributed by atoms with Gasteiger partial charge in [-0.05, 0) is 39.8 Å². The van der Waals surface area contributed by atoms with Crippen molar-refractivity contribution >= 4 is 23.0 Å². The molecule has 0 aliphatic rings. The van der Waals surface area contributed by atoms with Crippen molar-refractivity contribution in [3.63, 3.8) is 0 Å². The summed E-state index contributed by atoms with van der Waals surface area (Å²) in [6, 6.07) is 3.30. The summed E-state index contributed by atoms with van der Waals surface area (Å²) in [7, 11) is 0. The average molecular weight is 241 g/mol. The van der Waals surface area contributed by atoms with Crippen LogP contribution in [-0.4, -0.2) is 22.4 Å². The molecule has 0 spiro atoms. The van der Waals surface area contributed by atoms with Gasteiger partial charge in [-0.1, -0.05) is 5.16 Å². The van der Waals surface area contributed by atoms with E-state index in [9.17, 15) is 4.79 Å². The third-order valence-corrected chi connectivity index (χ3v) is 2.81. The fourth-order valence-corrected chi connectivity index (χ4v) is 1.68. The summed E-state index contributed by atoms with van der Waals surface area (Å²) in [5.74, 6) is -0.916. The molecule has 1 aromatic rings. The Hall–Kier alpha value is -1.36. The molecule has 1 N–H and O–H groups in total. The van der Waals surface area contributed by atoms with Crippen molar-refractivity contribution in [3.8, 4) is 0 Å². The number of carbonyl (C=O) groups is 1. The number of thiophene rings is 1. The molecule has 5 heteroatoms. The summed E-state index contributed by atoms with van der Waals surface area (Å²) in [6.45, 7) is 7.51. The predicted octanol–water partition coefficient (Wildman–Crippen LogP) is 2.99. The zero-order valence-electron chi connectivity index (χ0n) is 9.77. The molecule has 0 bridgehead atoms. The van der Waals surface area contributed by atoms with Gasteiger partial charge in [0.05, 0.1) is 10.6 Å². The van der Waals surface area contributed by atoms with Crippen LogP contribution in [0.15, 0.2) is 17.3 Å². The predicted molar refractivity (Wildman–Crippen MR) is 64.3 cm³/mol. The third-order valence-electron chi connectivity index (χ3n) is 1.63. The van der Waals surface area contributed by atoms with Gasteiger partial charge in [0.25, 0.3) is 0 Å². The monoisotopic (exact) mass is 241 g/mol. The van der Waals surface area contributed by atoms with Gasteiger partial charge in [0.15, 0.2) is 0 Å². The summed E-state index contributed by atoms with van der Waals surface area (Å²) in [5, 5.41) is 12.8. The van der Waals surface area contributed by atoms with Crippen LogP contribution >= 0.6 is 11.3 Å². The lowest BCUT2D eigenvalue weighted by Gasteiger charge is -2.15. The maximum Gasteiger partial charge on any atom is 0.345 e. The van der Waals surface area contributed by atoms with Gasteiger partial charge in [-0.25, -0.2) is 4.79 Å². The lowest BCUT2D eigenvalue weighted by Crippen LogP contribution is -2.16. The van der Waals surface area contributed by atoms with E-state index in [1.54, 1.807) is 19.1 Å². The second kappa shape index (κ2) is 4.65. The summed E-state index contributed by atoms with van der Waals surface area (Å²) in [6.07, 6.45) is 0. The van der Waals surface area contributed by atoms with Crippen LogP contribution in [0.25, 0.3) is 0 Å². The molecule has 16 heavy (non-hydrogen) atoms. The molecule has 0 radical (unpaired) electrons. The van der Waals surface area contributed by atoms with Crippen LogP contribution in [0.4, 0.5) is 0 Å². The Morgan fingerprint density at radius 3 is 2.38 bits per heavy atom. The minimum atomic E-state index is -0.916. The largest absolute Gasteiger partial charge is 0.477 e. The number of carboxylic acid groups (broad SMARTS) is 1. The molecule has 0 amide bonds. The van der Waals surface area contributed by atoms with E-state index in [0.717, 1.165) is 4.88 Å². The van der Waals surface area contributed by atoms with Gasteiger partial charge in [-0.3, -0.25) is 0 Å². The molecular weight excluding hydrogens is 226 g/mol. The first-order chi connectivity index (χ1) is 7.29. The number of rotatable bonds is 3. The van der Waals surface area contributed by atoms with Gasteiger partial charge in [0.1, 0.15) is 10.5 Å². The van der Waals surface area contributed by atoms with Crippen molar-refractivity contribution in [1.29, 1.82) is 0 Å². The SMILES string of the molecule is CC(=NOC(C)(C)C)c1ccc(C(=O)O)s1. The van der Waals surface area contributed by atoms with Crippen LogP contribution in [0.3, 0.4) is 0 Å². The molecule has 4 nitrogen and oxygen atoms in total. The van der Waals surface area contributed by atoms with E-state index in [4.69, 9.17) is 9.94 Å². The van der Waals surface area contributed by atoms with E-state index in [0.29, 0.717) is 10.6 Å². The van der Waals surface area contributed by atoms with Crippen molar-refractivity contribution in [2.75, 3.05) is 0 Å². The molecule has 1 aromatic heterocycles. The molecule has 0 saturated carbocycles. The summed E-state index contributed by atoms with van der Waals surface area (Å²) in [4.78, 5) is 17.1. The quantitative estimate of drug-likeness (QED) is 0.653. The highest BCUT2D eigenvalue weighted by molar-refractivity contribution is 7.15. The average Bonchev–Trinajstić information content (AvgIpc) is 2.61. The zero-order valence-corrected chi connectivity index (χ0v) is 10.6. The van der Waals surface area contributed by atoms with Crippen molar-refractivity contribution in [2.24, 2.45) is 5.16 Å². The van der Waals surface area contributed by atoms with Gasteiger partial charge < -0.3 is 9.94 Å². The molecule has 0 aliphatic carbocycles. The molecular formula is C11H15NO3S. The summed E-state index contributed by atoms with van der Waals surface area (Å²) >= 11 is 1.19. The highest BCUT2D eigenvalue weighted by atomic mass is 32.1. The van der Waals surface area contributed by atoms with Crippen molar-refractivity contribution < 1.29 is 14.7 Å². The Bertz CT molecular complexity index is 415. The van der Waals surface area contributed by atoms with Crippen LogP contribution in [0, 0.1) is 0 Å². The first-order valence-corrected chi connectivity index (χ1v) is 5.67. The lowest BCUT2D eigenvalue weighted by atomic mass is 10.2. The van der Waals surface area contributed by atoms with Crippen LogP contribution in [-0.2, 0) is 4.84 Å².